The first-order chi connectivity index (χ1) is 10.1. The number of ether oxygens (including phenoxy) is 2. The lowest BCUT2D eigenvalue weighted by Crippen LogP contribution is -2.32. The third-order valence-corrected chi connectivity index (χ3v) is 4.07. The monoisotopic (exact) mass is 284 g/mol. The molecule has 1 unspecified atom stereocenters. The van der Waals surface area contributed by atoms with Gasteiger partial charge in [0.25, 0.3) is 0 Å². The molecule has 0 radical (unpaired) electrons. The van der Waals surface area contributed by atoms with Crippen molar-refractivity contribution < 1.29 is 24.2 Å². The van der Waals surface area contributed by atoms with E-state index in [-0.39, 0.29) is 36.3 Å². The Kier molecular flexibility index (Phi) is 2.45. The molecule has 1 atom stereocenters. The summed E-state index contributed by atoms with van der Waals surface area (Å²) in [6, 6.07) is 5.16. The molecule has 0 spiro atoms. The standard InChI is InChI=1S/C16H12O5/c17-8-4-13(19)15-11-7-21-16-9(2-1-3-12(16)18)10(11)6-20-14(15)5-8/h1-3,5,10,18H,4,6-7H2. The van der Waals surface area contributed by atoms with E-state index in [9.17, 15) is 14.7 Å². The third-order valence-electron chi connectivity index (χ3n) is 4.07. The number of aromatic hydroxyl groups is 1. The summed E-state index contributed by atoms with van der Waals surface area (Å²) in [5.41, 5.74) is 2.12. The molecular formula is C16H12O5. The first-order valence-corrected chi connectivity index (χ1v) is 6.74. The number of rotatable bonds is 0. The first-order valence-electron chi connectivity index (χ1n) is 6.74. The number of carbonyl (C=O) groups excluding carboxylic acids is 2. The summed E-state index contributed by atoms with van der Waals surface area (Å²) >= 11 is 0. The molecule has 3 aliphatic rings. The minimum Gasteiger partial charge on any atom is -0.504 e. The van der Waals surface area contributed by atoms with Crippen LogP contribution in [-0.2, 0) is 14.3 Å². The van der Waals surface area contributed by atoms with Crippen molar-refractivity contribution in [1.82, 2.24) is 0 Å². The highest BCUT2D eigenvalue weighted by Gasteiger charge is 2.39. The number of benzene rings is 1. The van der Waals surface area contributed by atoms with Crippen molar-refractivity contribution in [3.63, 3.8) is 0 Å². The Morgan fingerprint density at radius 3 is 2.90 bits per heavy atom. The molecule has 1 N–H and O–H groups in total. The van der Waals surface area contributed by atoms with Crippen molar-refractivity contribution in [2.75, 3.05) is 13.2 Å². The summed E-state index contributed by atoms with van der Waals surface area (Å²) in [5, 5.41) is 9.86. The molecule has 5 nitrogen and oxygen atoms in total. The van der Waals surface area contributed by atoms with Gasteiger partial charge in [0.2, 0.25) is 0 Å². The van der Waals surface area contributed by atoms with Crippen LogP contribution in [0.25, 0.3) is 0 Å². The van der Waals surface area contributed by atoms with Crippen molar-refractivity contribution in [2.24, 2.45) is 0 Å². The van der Waals surface area contributed by atoms with Crippen LogP contribution in [0, 0.1) is 0 Å². The van der Waals surface area contributed by atoms with E-state index < -0.39 is 0 Å². The molecule has 1 aromatic rings. The normalized spacial score (nSPS) is 23.4. The molecule has 4 rings (SSSR count). The minimum absolute atomic E-state index is 0.0861. The highest BCUT2D eigenvalue weighted by atomic mass is 16.5. The lowest BCUT2D eigenvalue weighted by Gasteiger charge is -2.35. The number of para-hydroxylation sites is 1. The van der Waals surface area contributed by atoms with Crippen LogP contribution in [0.15, 0.2) is 41.2 Å². The molecule has 21 heavy (non-hydrogen) atoms. The molecule has 2 heterocycles. The molecule has 0 bridgehead atoms. The average molecular weight is 284 g/mol. The van der Waals surface area contributed by atoms with Crippen molar-refractivity contribution >= 4 is 11.6 Å². The van der Waals surface area contributed by atoms with Crippen molar-refractivity contribution in [3.8, 4) is 11.5 Å². The van der Waals surface area contributed by atoms with E-state index in [4.69, 9.17) is 9.47 Å². The molecule has 0 amide bonds. The van der Waals surface area contributed by atoms with Crippen molar-refractivity contribution in [3.05, 3.63) is 46.7 Å². The van der Waals surface area contributed by atoms with Gasteiger partial charge in [0.1, 0.15) is 12.4 Å². The van der Waals surface area contributed by atoms with Crippen molar-refractivity contribution in [2.45, 2.75) is 12.3 Å². The largest absolute Gasteiger partial charge is 0.504 e. The van der Waals surface area contributed by atoms with Crippen molar-refractivity contribution in [1.29, 1.82) is 0 Å². The molecule has 5 heteroatoms. The lowest BCUT2D eigenvalue weighted by molar-refractivity contribution is -0.123. The Labute approximate surface area is 120 Å². The van der Waals surface area contributed by atoms with Crippen LogP contribution in [0.2, 0.25) is 0 Å². The van der Waals surface area contributed by atoms with E-state index in [1.165, 1.54) is 6.08 Å². The second kappa shape index (κ2) is 4.22. The number of phenols is 1. The van der Waals surface area contributed by atoms with Crippen LogP contribution in [-0.4, -0.2) is 29.9 Å². The molecule has 2 aliphatic heterocycles. The molecule has 0 aromatic heterocycles. The van der Waals surface area contributed by atoms with Gasteiger partial charge in [-0.15, -0.1) is 0 Å². The maximum atomic E-state index is 12.2. The van der Waals surface area contributed by atoms with Gasteiger partial charge in [0.05, 0.1) is 18.6 Å². The predicted molar refractivity (Wildman–Crippen MR) is 72.0 cm³/mol. The van der Waals surface area contributed by atoms with Gasteiger partial charge in [-0.25, -0.2) is 0 Å². The van der Waals surface area contributed by atoms with E-state index in [0.29, 0.717) is 23.7 Å². The summed E-state index contributed by atoms with van der Waals surface area (Å²) in [4.78, 5) is 23.6. The summed E-state index contributed by atoms with van der Waals surface area (Å²) < 4.78 is 11.2. The number of phenolic OH excluding ortho intramolecular Hbond substituents is 1. The molecule has 1 aromatic carbocycles. The fourth-order valence-electron chi connectivity index (χ4n) is 3.13. The van der Waals surface area contributed by atoms with E-state index >= 15 is 0 Å². The Bertz CT molecular complexity index is 741. The number of hydrogen-bond donors (Lipinski definition) is 1. The highest BCUT2D eigenvalue weighted by Crippen LogP contribution is 2.46. The summed E-state index contributed by atoms with van der Waals surface area (Å²) in [6.45, 7) is 0.566. The molecule has 106 valence electrons. The van der Waals surface area contributed by atoms with Gasteiger partial charge >= 0.3 is 0 Å². The second-order valence-electron chi connectivity index (χ2n) is 5.32. The fraction of sp³-hybridized carbons (Fsp3) is 0.250. The molecule has 0 saturated carbocycles. The number of carbonyl (C=O) groups is 2. The second-order valence-corrected chi connectivity index (χ2v) is 5.32. The van der Waals surface area contributed by atoms with Gasteiger partial charge in [-0.3, -0.25) is 9.59 Å². The van der Waals surface area contributed by atoms with Gasteiger partial charge in [0.15, 0.2) is 23.1 Å². The maximum absolute atomic E-state index is 12.2. The van der Waals surface area contributed by atoms with Crippen LogP contribution in [0.3, 0.4) is 0 Å². The Hall–Kier alpha value is -2.56. The van der Waals surface area contributed by atoms with E-state index in [2.05, 4.69) is 0 Å². The van der Waals surface area contributed by atoms with Crippen LogP contribution in [0.5, 0.6) is 11.5 Å². The summed E-state index contributed by atoms with van der Waals surface area (Å²) in [6.07, 6.45) is 1.27. The Morgan fingerprint density at radius 2 is 2.05 bits per heavy atom. The van der Waals surface area contributed by atoms with E-state index in [1.54, 1.807) is 12.1 Å². The van der Waals surface area contributed by atoms with Gasteiger partial charge < -0.3 is 14.6 Å². The van der Waals surface area contributed by atoms with Gasteiger partial charge in [0, 0.05) is 17.6 Å². The van der Waals surface area contributed by atoms with Gasteiger partial charge in [-0.1, -0.05) is 12.1 Å². The van der Waals surface area contributed by atoms with Crippen LogP contribution in [0.1, 0.15) is 17.9 Å². The topological polar surface area (TPSA) is 72.8 Å². The first kappa shape index (κ1) is 12.2. The number of allylic oxidation sites excluding steroid dienone is 2. The maximum Gasteiger partial charge on any atom is 0.174 e. The third kappa shape index (κ3) is 1.70. The summed E-state index contributed by atoms with van der Waals surface area (Å²) in [7, 11) is 0. The zero-order chi connectivity index (χ0) is 14.6. The fourth-order valence-corrected chi connectivity index (χ4v) is 3.13. The highest BCUT2D eigenvalue weighted by molar-refractivity contribution is 6.17. The summed E-state index contributed by atoms with van der Waals surface area (Å²) in [5.74, 6) is 0.321. The quantitative estimate of drug-likeness (QED) is 0.733. The van der Waals surface area contributed by atoms with Crippen LogP contribution < -0.4 is 4.74 Å². The molecule has 0 fully saturated rings. The van der Waals surface area contributed by atoms with E-state index in [0.717, 1.165) is 11.1 Å². The molecule has 0 saturated heterocycles. The Balaban J connectivity index is 1.90. The number of fused-ring (bicyclic) bond motifs is 4. The van der Waals surface area contributed by atoms with Crippen LogP contribution >= 0.6 is 0 Å². The number of hydrogen-bond acceptors (Lipinski definition) is 5. The van der Waals surface area contributed by atoms with Crippen LogP contribution in [0.4, 0.5) is 0 Å². The number of Topliss-reactive ketones (excluding diaryl/α,β-unsaturated/α-hetero) is 1. The molecule has 1 aliphatic carbocycles. The van der Waals surface area contributed by atoms with Gasteiger partial charge in [-0.05, 0) is 11.6 Å². The Morgan fingerprint density at radius 1 is 1.19 bits per heavy atom. The van der Waals surface area contributed by atoms with Gasteiger partial charge in [-0.2, -0.15) is 0 Å². The zero-order valence-corrected chi connectivity index (χ0v) is 11.1. The SMILES string of the molecule is O=C1C=C2OCC3C(=C2C(=O)C1)COc1c(O)cccc13. The average Bonchev–Trinajstić information content (AvgIpc) is 2.46. The predicted octanol–water partition coefficient (Wildman–Crippen LogP) is 1.62. The minimum atomic E-state index is -0.229. The smallest absolute Gasteiger partial charge is 0.174 e. The lowest BCUT2D eigenvalue weighted by atomic mass is 9.80. The molecular weight excluding hydrogens is 272 g/mol. The zero-order valence-electron chi connectivity index (χ0n) is 11.1. The number of ketones is 2. The van der Waals surface area contributed by atoms with E-state index in [1.807, 2.05) is 6.07 Å².